The average molecular weight is 393 g/mol. The third kappa shape index (κ3) is 2.42. The Labute approximate surface area is 180 Å². The fraction of sp³-hybridized carbons (Fsp3) is 0.0323. The number of fused-ring (bicyclic) bond motifs is 3. The van der Waals surface area contributed by atoms with E-state index in [2.05, 4.69) is 109 Å². The maximum Gasteiger partial charge on any atom is -0.00194 e. The minimum atomic E-state index is 0.941. The summed E-state index contributed by atoms with van der Waals surface area (Å²) >= 11 is 0. The van der Waals surface area contributed by atoms with Gasteiger partial charge in [-0.3, -0.25) is 0 Å². The second-order valence-electron chi connectivity index (χ2n) is 8.57. The van der Waals surface area contributed by atoms with E-state index in [0.29, 0.717) is 0 Å². The summed E-state index contributed by atoms with van der Waals surface area (Å²) in [6, 6.07) is 40.3. The molecule has 0 spiro atoms. The van der Waals surface area contributed by atoms with Gasteiger partial charge in [0.2, 0.25) is 0 Å². The van der Waals surface area contributed by atoms with Gasteiger partial charge in [-0.25, -0.2) is 0 Å². The van der Waals surface area contributed by atoms with Crippen molar-refractivity contribution in [3.8, 4) is 0 Å². The fourth-order valence-electron chi connectivity index (χ4n) is 5.43. The Morgan fingerprint density at radius 3 is 1.81 bits per heavy atom. The van der Waals surface area contributed by atoms with Gasteiger partial charge in [0.15, 0.2) is 0 Å². The van der Waals surface area contributed by atoms with Crippen LogP contribution in [-0.4, -0.2) is 0 Å². The van der Waals surface area contributed by atoms with Gasteiger partial charge in [0.1, 0.15) is 0 Å². The zero-order valence-corrected chi connectivity index (χ0v) is 17.1. The zero-order chi connectivity index (χ0) is 20.4. The first-order valence-corrected chi connectivity index (χ1v) is 10.9. The first-order valence-electron chi connectivity index (χ1n) is 10.9. The molecule has 0 N–H and O–H groups in total. The molecule has 0 radical (unpaired) electrons. The van der Waals surface area contributed by atoms with Crippen molar-refractivity contribution in [1.82, 2.24) is 0 Å². The fourth-order valence-corrected chi connectivity index (χ4v) is 5.43. The summed E-state index contributed by atoms with van der Waals surface area (Å²) in [4.78, 5) is 0. The second kappa shape index (κ2) is 6.30. The second-order valence-corrected chi connectivity index (χ2v) is 8.57. The summed E-state index contributed by atoms with van der Waals surface area (Å²) in [5.41, 5.74) is 2.75. The maximum absolute atomic E-state index is 2.34. The minimum Gasteiger partial charge on any atom is -0.0616 e. The van der Waals surface area contributed by atoms with Crippen molar-refractivity contribution < 1.29 is 0 Å². The Kier molecular flexibility index (Phi) is 3.42. The van der Waals surface area contributed by atoms with E-state index in [4.69, 9.17) is 0 Å². The molecule has 0 aliphatic heterocycles. The Bertz CT molecular complexity index is 1700. The van der Waals surface area contributed by atoms with Crippen molar-refractivity contribution in [2.45, 2.75) is 6.42 Å². The van der Waals surface area contributed by atoms with Gasteiger partial charge in [-0.2, -0.15) is 0 Å². The van der Waals surface area contributed by atoms with Crippen molar-refractivity contribution in [1.29, 1.82) is 0 Å². The molecular formula is C31H20. The molecule has 0 fully saturated rings. The van der Waals surface area contributed by atoms with Gasteiger partial charge in [0.25, 0.3) is 0 Å². The van der Waals surface area contributed by atoms with E-state index in [1.54, 1.807) is 0 Å². The summed E-state index contributed by atoms with van der Waals surface area (Å²) in [6.07, 6.45) is 0.941. The van der Waals surface area contributed by atoms with Crippen molar-refractivity contribution >= 4 is 53.9 Å². The Morgan fingerprint density at radius 1 is 0.387 bits per heavy atom. The normalized spacial score (nSPS) is 12.0. The third-order valence-electron chi connectivity index (χ3n) is 6.82. The lowest BCUT2D eigenvalue weighted by Gasteiger charge is -2.16. The van der Waals surface area contributed by atoms with E-state index in [9.17, 15) is 0 Å². The Balaban J connectivity index is 1.52. The zero-order valence-electron chi connectivity index (χ0n) is 17.1. The highest BCUT2D eigenvalue weighted by Gasteiger charge is 2.14. The summed E-state index contributed by atoms with van der Waals surface area (Å²) in [5.74, 6) is 0. The molecule has 7 aromatic carbocycles. The van der Waals surface area contributed by atoms with E-state index >= 15 is 0 Å². The lowest BCUT2D eigenvalue weighted by molar-refractivity contribution is 1.22. The minimum absolute atomic E-state index is 0.941. The van der Waals surface area contributed by atoms with E-state index in [0.717, 1.165) is 6.42 Å². The van der Waals surface area contributed by atoms with Crippen LogP contribution in [0.15, 0.2) is 109 Å². The molecule has 0 nitrogen and oxygen atoms in total. The van der Waals surface area contributed by atoms with Crippen molar-refractivity contribution in [2.75, 3.05) is 0 Å². The van der Waals surface area contributed by atoms with Gasteiger partial charge < -0.3 is 0 Å². The molecule has 7 rings (SSSR count). The highest BCUT2D eigenvalue weighted by atomic mass is 14.2. The summed E-state index contributed by atoms with van der Waals surface area (Å²) in [6.45, 7) is 0. The molecule has 144 valence electrons. The SMILES string of the molecule is c1ccc2cc(Cc3ccc4c5cccc6cccc(c7cccc3c74)c65)ccc2c1. The first-order chi connectivity index (χ1) is 15.4. The molecule has 31 heavy (non-hydrogen) atoms. The maximum atomic E-state index is 2.34. The van der Waals surface area contributed by atoms with Crippen LogP contribution in [0.4, 0.5) is 0 Å². The van der Waals surface area contributed by atoms with Crippen LogP contribution in [0.2, 0.25) is 0 Å². The van der Waals surface area contributed by atoms with Crippen LogP contribution in [0.25, 0.3) is 53.9 Å². The molecule has 0 bridgehead atoms. The quantitative estimate of drug-likeness (QED) is 0.204. The van der Waals surface area contributed by atoms with E-state index < -0.39 is 0 Å². The summed E-state index contributed by atoms with van der Waals surface area (Å²) < 4.78 is 0. The van der Waals surface area contributed by atoms with Crippen LogP contribution >= 0.6 is 0 Å². The number of rotatable bonds is 2. The van der Waals surface area contributed by atoms with E-state index in [-0.39, 0.29) is 0 Å². The first kappa shape index (κ1) is 16.8. The average Bonchev–Trinajstić information content (AvgIpc) is 2.83. The van der Waals surface area contributed by atoms with Crippen molar-refractivity contribution in [2.24, 2.45) is 0 Å². The smallest absolute Gasteiger partial charge is 0.00194 e. The number of hydrogen-bond acceptors (Lipinski definition) is 0. The largest absolute Gasteiger partial charge is 0.0616 e. The van der Waals surface area contributed by atoms with Gasteiger partial charge in [0, 0.05) is 0 Å². The molecule has 0 saturated carbocycles. The van der Waals surface area contributed by atoms with Gasteiger partial charge in [0.05, 0.1) is 0 Å². The molecule has 0 aliphatic carbocycles. The van der Waals surface area contributed by atoms with Crippen molar-refractivity contribution in [3.05, 3.63) is 120 Å². The molecule has 0 heteroatoms. The van der Waals surface area contributed by atoms with Gasteiger partial charge in [-0.05, 0) is 71.4 Å². The van der Waals surface area contributed by atoms with Gasteiger partial charge >= 0.3 is 0 Å². The van der Waals surface area contributed by atoms with Crippen LogP contribution in [0.5, 0.6) is 0 Å². The molecule has 0 atom stereocenters. The Hall–Kier alpha value is -3.90. The van der Waals surface area contributed by atoms with Crippen LogP contribution in [0.3, 0.4) is 0 Å². The summed E-state index contributed by atoms with van der Waals surface area (Å²) in [5, 5.41) is 13.5. The van der Waals surface area contributed by atoms with Gasteiger partial charge in [-0.15, -0.1) is 0 Å². The highest BCUT2D eigenvalue weighted by molar-refractivity contribution is 6.33. The molecular weight excluding hydrogens is 372 g/mol. The van der Waals surface area contributed by atoms with Crippen LogP contribution in [0, 0.1) is 0 Å². The standard InChI is InChI=1S/C31H20/c1-2-7-23-18-20(14-15-21(23)6-1)19-24-16-17-29-27-12-4-9-22-8-3-11-26(30(22)27)28-13-5-10-25(24)31(28)29/h1-18H,19H2. The van der Waals surface area contributed by atoms with Crippen LogP contribution in [0.1, 0.15) is 11.1 Å². The summed E-state index contributed by atoms with van der Waals surface area (Å²) in [7, 11) is 0. The van der Waals surface area contributed by atoms with Crippen LogP contribution < -0.4 is 0 Å². The third-order valence-corrected chi connectivity index (χ3v) is 6.82. The molecule has 0 heterocycles. The molecule has 0 amide bonds. The van der Waals surface area contributed by atoms with Crippen molar-refractivity contribution in [3.63, 3.8) is 0 Å². The molecule has 0 unspecified atom stereocenters. The highest BCUT2D eigenvalue weighted by Crippen LogP contribution is 2.41. The topological polar surface area (TPSA) is 0 Å². The predicted octanol–water partition coefficient (Wildman–Crippen LogP) is 8.48. The van der Waals surface area contributed by atoms with E-state index in [1.165, 1.54) is 65.0 Å². The molecule has 7 aromatic rings. The lowest BCUT2D eigenvalue weighted by Crippen LogP contribution is -1.93. The predicted molar refractivity (Wildman–Crippen MR) is 134 cm³/mol. The number of benzene rings is 7. The molecule has 0 aromatic heterocycles. The Morgan fingerprint density at radius 2 is 1.00 bits per heavy atom. The van der Waals surface area contributed by atoms with Crippen LogP contribution in [-0.2, 0) is 6.42 Å². The monoisotopic (exact) mass is 392 g/mol. The van der Waals surface area contributed by atoms with Gasteiger partial charge in [-0.1, -0.05) is 109 Å². The lowest BCUT2D eigenvalue weighted by atomic mass is 9.87. The van der Waals surface area contributed by atoms with E-state index in [1.807, 2.05) is 0 Å². The molecule has 0 aliphatic rings. The molecule has 0 saturated heterocycles. The number of hydrogen-bond donors (Lipinski definition) is 0.